The fourth-order valence-electron chi connectivity index (χ4n) is 8.72. The Morgan fingerprint density at radius 1 is 0.365 bits per heavy atom. The average molecular weight is 666 g/mol. The highest BCUT2D eigenvalue weighted by molar-refractivity contribution is 6.10. The van der Waals surface area contributed by atoms with Gasteiger partial charge in [-0.2, -0.15) is 0 Å². The smallest absolute Gasteiger partial charge is 0.140 e. The molecule has 244 valence electrons. The van der Waals surface area contributed by atoms with E-state index in [0.717, 1.165) is 73.2 Å². The molecular formula is C49H31NO2. The molecule has 0 aliphatic carbocycles. The van der Waals surface area contributed by atoms with E-state index in [1.807, 2.05) is 0 Å². The number of hydrogen-bond donors (Lipinski definition) is 0. The van der Waals surface area contributed by atoms with Crippen LogP contribution in [0.2, 0.25) is 0 Å². The van der Waals surface area contributed by atoms with Crippen LogP contribution in [0.15, 0.2) is 188 Å². The van der Waals surface area contributed by atoms with Crippen LogP contribution in [-0.2, 0) is 5.41 Å². The van der Waals surface area contributed by atoms with Crippen molar-refractivity contribution >= 4 is 21.8 Å². The van der Waals surface area contributed by atoms with Crippen molar-refractivity contribution in [3.05, 3.63) is 210 Å². The van der Waals surface area contributed by atoms with Gasteiger partial charge in [0.15, 0.2) is 0 Å². The highest BCUT2D eigenvalue weighted by Crippen LogP contribution is 2.63. The standard InChI is InChI=1S/C49H31NO2/c1-3-14-32(15-4-1)33-27-29-47-42(31-33)49(39-20-8-11-24-45(39)51-46-25-12-9-21-40(46)49)41-22-13-19-36(48(41)52-47)34-26-28-44-38(30-34)37-18-7-10-23-43(37)50(44)35-16-5-2-6-17-35/h1-31H. The van der Waals surface area contributed by atoms with E-state index in [-0.39, 0.29) is 0 Å². The number of para-hydroxylation sites is 5. The van der Waals surface area contributed by atoms with Gasteiger partial charge in [-0.25, -0.2) is 0 Å². The van der Waals surface area contributed by atoms with Gasteiger partial charge in [0.2, 0.25) is 0 Å². The first-order valence-corrected chi connectivity index (χ1v) is 17.8. The van der Waals surface area contributed by atoms with Crippen molar-refractivity contribution in [2.75, 3.05) is 0 Å². The summed E-state index contributed by atoms with van der Waals surface area (Å²) < 4.78 is 16.1. The van der Waals surface area contributed by atoms with Crippen molar-refractivity contribution in [3.8, 4) is 50.9 Å². The topological polar surface area (TPSA) is 23.4 Å². The third-order valence-corrected chi connectivity index (χ3v) is 10.9. The van der Waals surface area contributed by atoms with Gasteiger partial charge in [0.1, 0.15) is 23.0 Å². The van der Waals surface area contributed by atoms with Gasteiger partial charge in [-0.05, 0) is 71.3 Å². The second kappa shape index (κ2) is 11.1. The maximum Gasteiger partial charge on any atom is 0.140 e. The van der Waals surface area contributed by atoms with E-state index in [4.69, 9.17) is 9.47 Å². The summed E-state index contributed by atoms with van der Waals surface area (Å²) in [4.78, 5) is 0. The van der Waals surface area contributed by atoms with Gasteiger partial charge in [0.25, 0.3) is 0 Å². The molecule has 0 radical (unpaired) electrons. The first-order valence-electron chi connectivity index (χ1n) is 17.8. The van der Waals surface area contributed by atoms with Crippen LogP contribution in [0.25, 0.3) is 49.7 Å². The summed E-state index contributed by atoms with van der Waals surface area (Å²) in [5.74, 6) is 3.41. The highest BCUT2D eigenvalue weighted by atomic mass is 16.5. The van der Waals surface area contributed by atoms with Crippen molar-refractivity contribution in [2.45, 2.75) is 5.41 Å². The second-order valence-corrected chi connectivity index (χ2v) is 13.6. The molecule has 2 aliphatic heterocycles. The third kappa shape index (κ3) is 4.02. The van der Waals surface area contributed by atoms with Gasteiger partial charge in [-0.1, -0.05) is 133 Å². The first kappa shape index (κ1) is 28.9. The Kier molecular flexibility index (Phi) is 6.17. The molecule has 0 atom stereocenters. The van der Waals surface area contributed by atoms with Crippen LogP contribution in [0.3, 0.4) is 0 Å². The molecule has 3 heterocycles. The minimum absolute atomic E-state index is 0.692. The molecule has 52 heavy (non-hydrogen) atoms. The van der Waals surface area contributed by atoms with Gasteiger partial charge in [-0.15, -0.1) is 0 Å². The summed E-state index contributed by atoms with van der Waals surface area (Å²) in [6.45, 7) is 0. The molecule has 1 aromatic heterocycles. The summed E-state index contributed by atoms with van der Waals surface area (Å²) in [6, 6.07) is 66.9. The lowest BCUT2D eigenvalue weighted by atomic mass is 9.61. The Morgan fingerprint density at radius 2 is 0.981 bits per heavy atom. The Bertz CT molecular complexity index is 2810. The summed E-state index contributed by atoms with van der Waals surface area (Å²) >= 11 is 0. The molecule has 0 amide bonds. The van der Waals surface area contributed by atoms with Crippen molar-refractivity contribution in [3.63, 3.8) is 0 Å². The van der Waals surface area contributed by atoms with E-state index in [1.54, 1.807) is 0 Å². The summed E-state index contributed by atoms with van der Waals surface area (Å²) in [6.07, 6.45) is 0. The molecule has 8 aromatic carbocycles. The maximum absolute atomic E-state index is 7.14. The average Bonchev–Trinajstić information content (AvgIpc) is 3.55. The molecule has 2 aliphatic rings. The second-order valence-electron chi connectivity index (χ2n) is 13.6. The quantitative estimate of drug-likeness (QED) is 0.187. The molecule has 1 spiro atoms. The molecule has 0 N–H and O–H groups in total. The Labute approximate surface area is 301 Å². The largest absolute Gasteiger partial charge is 0.457 e. The highest BCUT2D eigenvalue weighted by Gasteiger charge is 2.51. The zero-order valence-corrected chi connectivity index (χ0v) is 28.2. The van der Waals surface area contributed by atoms with E-state index in [2.05, 4.69) is 193 Å². The molecule has 0 saturated heterocycles. The molecule has 3 nitrogen and oxygen atoms in total. The van der Waals surface area contributed by atoms with Gasteiger partial charge in [0.05, 0.1) is 16.4 Å². The summed E-state index contributed by atoms with van der Waals surface area (Å²) in [5, 5.41) is 2.42. The molecule has 0 unspecified atom stereocenters. The molecule has 11 rings (SSSR count). The van der Waals surface area contributed by atoms with Crippen LogP contribution in [0.5, 0.6) is 23.0 Å². The molecule has 0 bridgehead atoms. The van der Waals surface area contributed by atoms with Gasteiger partial charge in [-0.3, -0.25) is 0 Å². The Morgan fingerprint density at radius 3 is 1.77 bits per heavy atom. The van der Waals surface area contributed by atoms with Crippen molar-refractivity contribution in [1.29, 1.82) is 0 Å². The number of rotatable bonds is 3. The molecule has 9 aromatic rings. The van der Waals surface area contributed by atoms with Crippen LogP contribution < -0.4 is 9.47 Å². The fraction of sp³-hybridized carbons (Fsp3) is 0.0204. The van der Waals surface area contributed by atoms with Crippen molar-refractivity contribution < 1.29 is 9.47 Å². The Balaban J connectivity index is 1.20. The number of benzene rings is 8. The zero-order valence-electron chi connectivity index (χ0n) is 28.2. The summed E-state index contributed by atoms with van der Waals surface area (Å²) in [5.41, 5.74) is 11.7. The number of nitrogens with zero attached hydrogens (tertiary/aromatic N) is 1. The van der Waals surface area contributed by atoms with Crippen LogP contribution in [0.1, 0.15) is 22.3 Å². The lowest BCUT2D eigenvalue weighted by molar-refractivity contribution is 0.400. The zero-order chi connectivity index (χ0) is 34.2. The predicted molar refractivity (Wildman–Crippen MR) is 210 cm³/mol. The fourth-order valence-corrected chi connectivity index (χ4v) is 8.72. The third-order valence-electron chi connectivity index (χ3n) is 10.9. The van der Waals surface area contributed by atoms with Gasteiger partial charge in [0, 0.05) is 44.3 Å². The monoisotopic (exact) mass is 665 g/mol. The van der Waals surface area contributed by atoms with Crippen LogP contribution in [0, 0.1) is 0 Å². The number of ether oxygens (including phenoxy) is 2. The van der Waals surface area contributed by atoms with Gasteiger partial charge >= 0.3 is 0 Å². The van der Waals surface area contributed by atoms with Gasteiger partial charge < -0.3 is 14.0 Å². The number of fused-ring (bicyclic) bond motifs is 11. The first-order chi connectivity index (χ1) is 25.8. The van der Waals surface area contributed by atoms with Crippen LogP contribution in [-0.4, -0.2) is 4.57 Å². The number of aromatic nitrogens is 1. The van der Waals surface area contributed by atoms with Crippen molar-refractivity contribution in [2.24, 2.45) is 0 Å². The molecular weight excluding hydrogens is 635 g/mol. The lowest BCUT2D eigenvalue weighted by Gasteiger charge is -2.45. The number of hydrogen-bond acceptors (Lipinski definition) is 2. The molecule has 3 heteroatoms. The maximum atomic E-state index is 7.14. The van der Waals surface area contributed by atoms with E-state index < -0.39 is 5.41 Å². The SMILES string of the molecule is c1ccc(-c2ccc3c(c2)C2(c4ccccc4Oc4ccccc42)c2cccc(-c4ccc5c(c4)c4ccccc4n5-c4ccccc4)c2O3)cc1. The van der Waals surface area contributed by atoms with E-state index in [1.165, 1.54) is 21.8 Å². The lowest BCUT2D eigenvalue weighted by Crippen LogP contribution is -2.37. The van der Waals surface area contributed by atoms with Crippen LogP contribution in [0.4, 0.5) is 0 Å². The molecule has 0 fully saturated rings. The minimum atomic E-state index is -0.692. The normalized spacial score (nSPS) is 13.5. The van der Waals surface area contributed by atoms with Crippen LogP contribution >= 0.6 is 0 Å². The summed E-state index contributed by atoms with van der Waals surface area (Å²) in [7, 11) is 0. The Hall–Kier alpha value is -6.84. The van der Waals surface area contributed by atoms with E-state index >= 15 is 0 Å². The molecule has 0 saturated carbocycles. The van der Waals surface area contributed by atoms with E-state index in [0.29, 0.717) is 0 Å². The minimum Gasteiger partial charge on any atom is -0.457 e. The van der Waals surface area contributed by atoms with Crippen molar-refractivity contribution in [1.82, 2.24) is 4.57 Å². The van der Waals surface area contributed by atoms with E-state index in [9.17, 15) is 0 Å². The predicted octanol–water partition coefficient (Wildman–Crippen LogP) is 12.7.